The summed E-state index contributed by atoms with van der Waals surface area (Å²) in [5.41, 5.74) is 4.00. The van der Waals surface area contributed by atoms with Gasteiger partial charge < -0.3 is 20.1 Å². The van der Waals surface area contributed by atoms with Crippen LogP contribution in [0.25, 0.3) is 6.08 Å². The van der Waals surface area contributed by atoms with Crippen LogP contribution in [0.2, 0.25) is 0 Å². The van der Waals surface area contributed by atoms with Gasteiger partial charge in [0, 0.05) is 53.8 Å². The minimum atomic E-state index is -0.268. The molecular weight excluding hydrogens is 520 g/mol. The van der Waals surface area contributed by atoms with Crippen LogP contribution in [0.4, 0.5) is 11.4 Å². The van der Waals surface area contributed by atoms with Gasteiger partial charge in [-0.25, -0.2) is 0 Å². The van der Waals surface area contributed by atoms with Crippen molar-refractivity contribution >= 4 is 40.6 Å². The molecule has 2 bridgehead atoms. The summed E-state index contributed by atoms with van der Waals surface area (Å²) in [6, 6.07) is 24.6. The van der Waals surface area contributed by atoms with Gasteiger partial charge in [-0.1, -0.05) is 42.5 Å². The maximum atomic E-state index is 13.0. The van der Waals surface area contributed by atoms with E-state index in [4.69, 9.17) is 0 Å². The molecule has 202 valence electrons. The van der Waals surface area contributed by atoms with Crippen LogP contribution in [-0.4, -0.2) is 29.5 Å². The standard InChI is InChI=1S/C32H30N4O3S/c37-30(14-11-22-6-2-1-3-7-22)34-27-17-24(32(39)33-18-26-8-5-15-40-26)12-13-29(27)35-19-23-16-25(21-35)28-9-4-10-31(38)36(28)20-23/h1-15,17,23,25H,16,18-21H2,(H,33,39)(H,34,37)/b14-11+. The number of fused-ring (bicyclic) bond motifs is 4. The number of nitrogens with one attached hydrogen (secondary N) is 2. The normalized spacial score (nSPS) is 17.9. The fraction of sp³-hybridized carbons (Fsp3) is 0.219. The molecule has 0 radical (unpaired) electrons. The first-order valence-electron chi connectivity index (χ1n) is 13.5. The predicted octanol–water partition coefficient (Wildman–Crippen LogP) is 5.12. The Morgan fingerprint density at radius 2 is 1.82 bits per heavy atom. The molecule has 0 spiro atoms. The van der Waals surface area contributed by atoms with Gasteiger partial charge in [-0.3, -0.25) is 14.4 Å². The van der Waals surface area contributed by atoms with Crippen LogP contribution in [-0.2, 0) is 17.9 Å². The molecule has 8 heteroatoms. The first kappa shape index (κ1) is 25.8. The molecule has 4 heterocycles. The average Bonchev–Trinajstić information content (AvgIpc) is 3.50. The van der Waals surface area contributed by atoms with Gasteiger partial charge in [0.25, 0.3) is 11.5 Å². The monoisotopic (exact) mass is 550 g/mol. The second kappa shape index (κ2) is 11.4. The van der Waals surface area contributed by atoms with Crippen LogP contribution in [0.1, 0.15) is 38.8 Å². The fourth-order valence-electron chi connectivity index (χ4n) is 5.74. The number of aromatic nitrogens is 1. The molecule has 1 fully saturated rings. The number of rotatable bonds is 7. The Hall–Kier alpha value is -4.43. The molecule has 2 aliphatic heterocycles. The van der Waals surface area contributed by atoms with Crippen LogP contribution < -0.4 is 21.1 Å². The molecule has 2 aromatic carbocycles. The van der Waals surface area contributed by atoms with E-state index in [1.54, 1.807) is 29.5 Å². The van der Waals surface area contributed by atoms with Gasteiger partial charge in [-0.05, 0) is 59.7 Å². The van der Waals surface area contributed by atoms with Crippen molar-refractivity contribution in [2.45, 2.75) is 25.4 Å². The highest BCUT2D eigenvalue weighted by Gasteiger charge is 2.35. The molecule has 7 nitrogen and oxygen atoms in total. The quantitative estimate of drug-likeness (QED) is 0.313. The van der Waals surface area contributed by atoms with Crippen LogP contribution in [0.15, 0.2) is 95.1 Å². The zero-order valence-electron chi connectivity index (χ0n) is 22.0. The Balaban J connectivity index is 1.27. The highest BCUT2D eigenvalue weighted by atomic mass is 32.1. The van der Waals surface area contributed by atoms with Gasteiger partial charge in [-0.15, -0.1) is 11.3 Å². The van der Waals surface area contributed by atoms with Crippen molar-refractivity contribution < 1.29 is 9.59 Å². The lowest BCUT2D eigenvalue weighted by molar-refractivity contribution is -0.111. The maximum Gasteiger partial charge on any atom is 0.251 e. The Morgan fingerprint density at radius 3 is 2.65 bits per heavy atom. The molecule has 0 saturated carbocycles. The third-order valence-electron chi connectivity index (χ3n) is 7.57. The maximum absolute atomic E-state index is 13.0. The molecule has 2 unspecified atom stereocenters. The molecule has 6 rings (SSSR count). The van der Waals surface area contributed by atoms with E-state index in [1.165, 1.54) is 6.08 Å². The molecule has 2 amide bonds. The SMILES string of the molecule is O=C(/C=C/c1ccccc1)Nc1cc(C(=O)NCc2cccs2)ccc1N1CC2CC(C1)c1cccc(=O)n1C2. The lowest BCUT2D eigenvalue weighted by Crippen LogP contribution is -2.47. The summed E-state index contributed by atoms with van der Waals surface area (Å²) < 4.78 is 1.91. The fourth-order valence-corrected chi connectivity index (χ4v) is 6.38. The largest absolute Gasteiger partial charge is 0.369 e. The molecule has 4 aromatic rings. The zero-order valence-corrected chi connectivity index (χ0v) is 22.8. The van der Waals surface area contributed by atoms with Crippen LogP contribution >= 0.6 is 11.3 Å². The molecule has 2 aromatic heterocycles. The van der Waals surface area contributed by atoms with Gasteiger partial charge in [0.05, 0.1) is 17.9 Å². The van der Waals surface area contributed by atoms with E-state index in [-0.39, 0.29) is 23.3 Å². The number of piperidine rings is 1. The number of anilines is 2. The van der Waals surface area contributed by atoms with Crippen molar-refractivity contribution in [3.8, 4) is 0 Å². The summed E-state index contributed by atoms with van der Waals surface area (Å²) in [5, 5.41) is 7.99. The van der Waals surface area contributed by atoms with Gasteiger partial charge in [0.2, 0.25) is 5.91 Å². The van der Waals surface area contributed by atoms with Crippen LogP contribution in [0.5, 0.6) is 0 Å². The van der Waals surface area contributed by atoms with Gasteiger partial charge >= 0.3 is 0 Å². The van der Waals surface area contributed by atoms with E-state index in [1.807, 2.05) is 76.7 Å². The summed E-state index contributed by atoms with van der Waals surface area (Å²) in [6.45, 7) is 2.64. The minimum absolute atomic E-state index is 0.0525. The minimum Gasteiger partial charge on any atom is -0.369 e. The van der Waals surface area contributed by atoms with Crippen molar-refractivity contribution in [1.29, 1.82) is 0 Å². The Bertz CT molecular complexity index is 1610. The highest BCUT2D eigenvalue weighted by molar-refractivity contribution is 7.09. The number of carbonyl (C=O) groups excluding carboxylic acids is 2. The number of carbonyl (C=O) groups is 2. The molecular formula is C32H30N4O3S. The number of amides is 2. The third-order valence-corrected chi connectivity index (χ3v) is 8.44. The molecule has 2 atom stereocenters. The van der Waals surface area contributed by atoms with E-state index in [9.17, 15) is 14.4 Å². The van der Waals surface area contributed by atoms with Crippen molar-refractivity contribution in [2.75, 3.05) is 23.3 Å². The third kappa shape index (κ3) is 5.62. The second-order valence-electron chi connectivity index (χ2n) is 10.3. The summed E-state index contributed by atoms with van der Waals surface area (Å²) in [5.74, 6) is 0.0767. The smallest absolute Gasteiger partial charge is 0.251 e. The van der Waals surface area contributed by atoms with E-state index in [0.717, 1.165) is 41.3 Å². The van der Waals surface area contributed by atoms with E-state index in [0.29, 0.717) is 30.3 Å². The molecule has 2 aliphatic rings. The molecule has 1 saturated heterocycles. The van der Waals surface area contributed by atoms with Crippen molar-refractivity contribution in [3.05, 3.63) is 122 Å². The number of pyridine rings is 1. The summed E-state index contributed by atoms with van der Waals surface area (Å²) in [4.78, 5) is 41.9. The van der Waals surface area contributed by atoms with E-state index >= 15 is 0 Å². The number of nitrogens with zero attached hydrogens (tertiary/aromatic N) is 2. The molecule has 2 N–H and O–H groups in total. The van der Waals surface area contributed by atoms with Gasteiger partial charge in [-0.2, -0.15) is 0 Å². The first-order chi connectivity index (χ1) is 19.5. The first-order valence-corrected chi connectivity index (χ1v) is 14.3. The van der Waals surface area contributed by atoms with Crippen LogP contribution in [0.3, 0.4) is 0 Å². The number of benzene rings is 2. The van der Waals surface area contributed by atoms with Crippen LogP contribution in [0, 0.1) is 5.92 Å². The Morgan fingerprint density at radius 1 is 0.950 bits per heavy atom. The van der Waals surface area contributed by atoms with Crippen molar-refractivity contribution in [3.63, 3.8) is 0 Å². The topological polar surface area (TPSA) is 83.4 Å². The summed E-state index contributed by atoms with van der Waals surface area (Å²) >= 11 is 1.59. The predicted molar refractivity (Wildman–Crippen MR) is 160 cm³/mol. The van der Waals surface area contributed by atoms with E-state index < -0.39 is 0 Å². The van der Waals surface area contributed by atoms with Gasteiger partial charge in [0.1, 0.15) is 0 Å². The molecule has 0 aliphatic carbocycles. The summed E-state index contributed by atoms with van der Waals surface area (Å²) in [7, 11) is 0. The van der Waals surface area contributed by atoms with Crippen molar-refractivity contribution in [2.24, 2.45) is 5.92 Å². The number of thiophene rings is 1. The lowest BCUT2D eigenvalue weighted by Gasteiger charge is -2.44. The zero-order chi connectivity index (χ0) is 27.5. The summed E-state index contributed by atoms with van der Waals surface area (Å²) in [6.07, 6.45) is 4.31. The number of hydrogen-bond acceptors (Lipinski definition) is 5. The Kier molecular flexibility index (Phi) is 7.33. The lowest BCUT2D eigenvalue weighted by atomic mass is 9.83. The number of hydrogen-bond donors (Lipinski definition) is 2. The van der Waals surface area contributed by atoms with Gasteiger partial charge in [0.15, 0.2) is 0 Å². The second-order valence-corrected chi connectivity index (χ2v) is 11.4. The highest BCUT2D eigenvalue weighted by Crippen LogP contribution is 2.39. The molecule has 40 heavy (non-hydrogen) atoms. The van der Waals surface area contributed by atoms with Crippen molar-refractivity contribution in [1.82, 2.24) is 9.88 Å². The Labute approximate surface area is 236 Å². The average molecular weight is 551 g/mol. The van der Waals surface area contributed by atoms with E-state index in [2.05, 4.69) is 15.5 Å².